The normalized spacial score (nSPS) is 17.1. The zero-order chi connectivity index (χ0) is 19.5. The van der Waals surface area contributed by atoms with Crippen LogP contribution in [0.5, 0.6) is 0 Å². The van der Waals surface area contributed by atoms with Gasteiger partial charge in [-0.05, 0) is 43.0 Å². The molecule has 4 heterocycles. The molecule has 1 fully saturated rings. The lowest BCUT2D eigenvalue weighted by atomic mass is 10.1. The summed E-state index contributed by atoms with van der Waals surface area (Å²) in [6.07, 6.45) is 9.41. The molecule has 1 aliphatic heterocycles. The van der Waals surface area contributed by atoms with E-state index in [0.717, 1.165) is 48.4 Å². The van der Waals surface area contributed by atoms with Gasteiger partial charge in [0.15, 0.2) is 0 Å². The predicted octanol–water partition coefficient (Wildman–Crippen LogP) is 2.26. The van der Waals surface area contributed by atoms with Gasteiger partial charge in [-0.1, -0.05) is 5.21 Å². The molecule has 3 aromatic heterocycles. The average Bonchev–Trinajstić information content (AvgIpc) is 3.14. The molecule has 6 rings (SSSR count). The monoisotopic (exact) mass is 387 g/mol. The molecule has 0 radical (unpaired) electrons. The van der Waals surface area contributed by atoms with Gasteiger partial charge in [-0.25, -0.2) is 9.67 Å². The minimum Gasteiger partial charge on any atom is -0.380 e. The summed E-state index contributed by atoms with van der Waals surface area (Å²) in [5.41, 5.74) is 6.56. The van der Waals surface area contributed by atoms with Crippen molar-refractivity contribution >= 4 is 11.2 Å². The number of rotatable bonds is 4. The number of imidazole rings is 1. The lowest BCUT2D eigenvalue weighted by Gasteiger charge is -2.15. The van der Waals surface area contributed by atoms with E-state index in [-0.39, 0.29) is 0 Å². The molecule has 0 bridgehead atoms. The maximum Gasteiger partial charge on any atom is 0.142 e. The highest BCUT2D eigenvalue weighted by atomic mass is 16.3. The van der Waals surface area contributed by atoms with Crippen LogP contribution in [0.4, 0.5) is 5.69 Å². The van der Waals surface area contributed by atoms with Crippen molar-refractivity contribution in [2.24, 2.45) is 0 Å². The van der Waals surface area contributed by atoms with Gasteiger partial charge in [0.25, 0.3) is 0 Å². The van der Waals surface area contributed by atoms with Crippen LogP contribution < -0.4 is 4.90 Å². The van der Waals surface area contributed by atoms with Crippen molar-refractivity contribution in [3.05, 3.63) is 65.8 Å². The number of fused-ring (bicyclic) bond motifs is 2. The molecular formula is C21H21N7O. The fraction of sp³-hybridized carbons (Fsp3) is 0.333. The van der Waals surface area contributed by atoms with Crippen molar-refractivity contribution in [1.29, 1.82) is 0 Å². The maximum absolute atomic E-state index is 11.2. The van der Waals surface area contributed by atoms with Crippen molar-refractivity contribution in [3.8, 4) is 5.69 Å². The molecule has 1 atom stereocenters. The topological polar surface area (TPSA) is 84.4 Å². The number of hydrogen-bond donors (Lipinski definition) is 1. The van der Waals surface area contributed by atoms with E-state index in [1.807, 2.05) is 16.7 Å². The van der Waals surface area contributed by atoms with Crippen molar-refractivity contribution in [2.75, 3.05) is 18.5 Å². The third-order valence-electron chi connectivity index (χ3n) is 5.99. The Kier molecular flexibility index (Phi) is 3.52. The Morgan fingerprint density at radius 3 is 2.97 bits per heavy atom. The fourth-order valence-electron chi connectivity index (χ4n) is 4.23. The highest BCUT2D eigenvalue weighted by Crippen LogP contribution is 2.42. The van der Waals surface area contributed by atoms with Gasteiger partial charge in [-0.3, -0.25) is 9.38 Å². The van der Waals surface area contributed by atoms with Gasteiger partial charge in [0.05, 0.1) is 47.5 Å². The number of nitrogens with zero attached hydrogens (tertiary/aromatic N) is 7. The van der Waals surface area contributed by atoms with Gasteiger partial charge in [0, 0.05) is 25.2 Å². The van der Waals surface area contributed by atoms with E-state index in [0.29, 0.717) is 11.6 Å². The Morgan fingerprint density at radius 1 is 1.21 bits per heavy atom. The van der Waals surface area contributed by atoms with Gasteiger partial charge < -0.3 is 10.0 Å². The molecular weight excluding hydrogens is 366 g/mol. The number of likely N-dealkylation sites (N-methyl/N-ethyl adjacent to an activating group) is 1. The van der Waals surface area contributed by atoms with E-state index >= 15 is 0 Å². The second-order valence-electron chi connectivity index (χ2n) is 7.97. The molecule has 2 aliphatic rings. The highest BCUT2D eigenvalue weighted by molar-refractivity contribution is 5.60. The van der Waals surface area contributed by atoms with E-state index < -0.39 is 6.10 Å². The van der Waals surface area contributed by atoms with Gasteiger partial charge >= 0.3 is 0 Å². The molecule has 8 nitrogen and oxygen atoms in total. The number of benzene rings is 1. The molecule has 8 heteroatoms. The van der Waals surface area contributed by atoms with Crippen LogP contribution in [-0.4, -0.2) is 48.1 Å². The minimum atomic E-state index is -0.912. The molecule has 0 saturated heterocycles. The quantitative estimate of drug-likeness (QED) is 0.578. The van der Waals surface area contributed by atoms with Gasteiger partial charge in [-0.2, -0.15) is 0 Å². The van der Waals surface area contributed by atoms with Crippen molar-refractivity contribution < 1.29 is 5.11 Å². The summed E-state index contributed by atoms with van der Waals surface area (Å²) in [6, 6.07) is 6.31. The highest BCUT2D eigenvalue weighted by Gasteiger charge is 2.32. The standard InChI is InChI=1S/C21H21N7O/c1-26-7-6-14-8-15(4-5-18(14)26)28-11-17(24-25-28)21(29)20-19(13-2-3-13)23-10-16-9-22-12-27(16)20/h4-5,8-13,21,29H,2-3,6-7H2,1H3/t21-/m0/s1. The van der Waals surface area contributed by atoms with Crippen LogP contribution in [0, 0.1) is 0 Å². The molecule has 0 spiro atoms. The second kappa shape index (κ2) is 6.12. The molecule has 146 valence electrons. The lowest BCUT2D eigenvalue weighted by molar-refractivity contribution is 0.206. The molecule has 0 amide bonds. The summed E-state index contributed by atoms with van der Waals surface area (Å²) in [4.78, 5) is 11.1. The number of aliphatic hydroxyl groups is 1. The van der Waals surface area contributed by atoms with Crippen LogP contribution in [-0.2, 0) is 6.42 Å². The molecule has 1 aliphatic carbocycles. The summed E-state index contributed by atoms with van der Waals surface area (Å²) in [5.74, 6) is 0.398. The van der Waals surface area contributed by atoms with Gasteiger partial charge in [0.2, 0.25) is 0 Å². The molecule has 1 aromatic carbocycles. The summed E-state index contributed by atoms with van der Waals surface area (Å²) >= 11 is 0. The summed E-state index contributed by atoms with van der Waals surface area (Å²) in [5, 5.41) is 19.8. The van der Waals surface area contributed by atoms with E-state index in [4.69, 9.17) is 0 Å². The second-order valence-corrected chi connectivity index (χ2v) is 7.97. The minimum absolute atomic E-state index is 0.398. The van der Waals surface area contributed by atoms with E-state index in [9.17, 15) is 5.11 Å². The van der Waals surface area contributed by atoms with Crippen LogP contribution in [0.25, 0.3) is 11.2 Å². The van der Waals surface area contributed by atoms with Crippen LogP contribution in [0.1, 0.15) is 47.5 Å². The number of hydrogen-bond acceptors (Lipinski definition) is 6. The molecule has 29 heavy (non-hydrogen) atoms. The Labute approximate surface area is 167 Å². The van der Waals surface area contributed by atoms with Crippen molar-refractivity contribution in [1.82, 2.24) is 29.4 Å². The number of aromatic nitrogens is 6. The smallest absolute Gasteiger partial charge is 0.142 e. The molecule has 4 aromatic rings. The summed E-state index contributed by atoms with van der Waals surface area (Å²) in [6.45, 7) is 1.03. The van der Waals surface area contributed by atoms with Crippen molar-refractivity contribution in [3.63, 3.8) is 0 Å². The molecule has 1 saturated carbocycles. The first-order chi connectivity index (χ1) is 14.2. The number of anilines is 1. The van der Waals surface area contributed by atoms with Gasteiger partial charge in [-0.15, -0.1) is 5.10 Å². The zero-order valence-electron chi connectivity index (χ0n) is 16.1. The third-order valence-corrected chi connectivity index (χ3v) is 5.99. The van der Waals surface area contributed by atoms with Crippen LogP contribution in [0.15, 0.2) is 43.1 Å². The van der Waals surface area contributed by atoms with E-state index in [1.54, 1.807) is 23.4 Å². The third kappa shape index (κ3) is 2.63. The molecule has 0 unspecified atom stereocenters. The summed E-state index contributed by atoms with van der Waals surface area (Å²) in [7, 11) is 2.11. The largest absolute Gasteiger partial charge is 0.380 e. The zero-order valence-corrected chi connectivity index (χ0v) is 16.1. The fourth-order valence-corrected chi connectivity index (χ4v) is 4.23. The first-order valence-corrected chi connectivity index (χ1v) is 9.94. The van der Waals surface area contributed by atoms with E-state index in [2.05, 4.69) is 44.4 Å². The van der Waals surface area contributed by atoms with Crippen LogP contribution in [0.2, 0.25) is 0 Å². The van der Waals surface area contributed by atoms with Crippen LogP contribution >= 0.6 is 0 Å². The Morgan fingerprint density at radius 2 is 2.10 bits per heavy atom. The van der Waals surface area contributed by atoms with Gasteiger partial charge in [0.1, 0.15) is 11.8 Å². The summed E-state index contributed by atoms with van der Waals surface area (Å²) < 4.78 is 3.64. The average molecular weight is 387 g/mol. The van der Waals surface area contributed by atoms with Crippen LogP contribution in [0.3, 0.4) is 0 Å². The van der Waals surface area contributed by atoms with E-state index in [1.165, 1.54) is 11.3 Å². The number of aliphatic hydroxyl groups excluding tert-OH is 1. The Balaban J connectivity index is 1.39. The van der Waals surface area contributed by atoms with Crippen molar-refractivity contribution in [2.45, 2.75) is 31.3 Å². The Bertz CT molecular complexity index is 1220. The lowest BCUT2D eigenvalue weighted by Crippen LogP contribution is -2.12. The predicted molar refractivity (Wildman–Crippen MR) is 107 cm³/mol. The first kappa shape index (κ1) is 16.7. The SMILES string of the molecule is CN1CCc2cc(-n3cc([C@H](O)c4c(C5CC5)ncc5cncn45)nn3)ccc21. The first-order valence-electron chi connectivity index (χ1n) is 9.94. The maximum atomic E-state index is 11.2. The molecule has 1 N–H and O–H groups in total. The Hall–Kier alpha value is -3.26.